The van der Waals surface area contributed by atoms with Crippen LogP contribution in [0.5, 0.6) is 0 Å². The highest BCUT2D eigenvalue weighted by atomic mass is 15.3. The summed E-state index contributed by atoms with van der Waals surface area (Å²) in [5, 5.41) is 0. The summed E-state index contributed by atoms with van der Waals surface area (Å²) in [6, 6.07) is 1.60. The molecule has 0 aromatic rings. The maximum absolute atomic E-state index is 5.73. The van der Waals surface area contributed by atoms with E-state index in [0.717, 1.165) is 31.0 Å². The van der Waals surface area contributed by atoms with Gasteiger partial charge in [-0.15, -0.1) is 0 Å². The summed E-state index contributed by atoms with van der Waals surface area (Å²) in [6.45, 7) is 10.6. The van der Waals surface area contributed by atoms with Gasteiger partial charge in [0.2, 0.25) is 0 Å². The number of hydrogen-bond acceptors (Lipinski definition) is 3. The van der Waals surface area contributed by atoms with Crippen molar-refractivity contribution in [1.82, 2.24) is 9.80 Å². The topological polar surface area (TPSA) is 32.5 Å². The minimum Gasteiger partial charge on any atom is -0.330 e. The minimum atomic E-state index is 0.721. The quantitative estimate of drug-likeness (QED) is 0.829. The summed E-state index contributed by atoms with van der Waals surface area (Å²) in [5.74, 6) is 0.964. The Kier molecular flexibility index (Phi) is 6.11. The molecule has 3 nitrogen and oxygen atoms in total. The zero-order chi connectivity index (χ0) is 13.7. The van der Waals surface area contributed by atoms with Gasteiger partial charge in [0, 0.05) is 38.3 Å². The van der Waals surface area contributed by atoms with Gasteiger partial charge in [-0.25, -0.2) is 0 Å². The number of piperazine rings is 1. The maximum atomic E-state index is 5.73. The van der Waals surface area contributed by atoms with E-state index in [0.29, 0.717) is 0 Å². The van der Waals surface area contributed by atoms with Gasteiger partial charge in [-0.2, -0.15) is 0 Å². The van der Waals surface area contributed by atoms with E-state index in [-0.39, 0.29) is 0 Å². The highest BCUT2D eigenvalue weighted by molar-refractivity contribution is 4.84. The van der Waals surface area contributed by atoms with Gasteiger partial charge in [-0.3, -0.25) is 9.80 Å². The second kappa shape index (κ2) is 7.61. The summed E-state index contributed by atoms with van der Waals surface area (Å²) in [6.07, 6.45) is 8.16. The molecule has 112 valence electrons. The van der Waals surface area contributed by atoms with Crippen LogP contribution in [0, 0.1) is 5.92 Å². The normalized spacial score (nSPS) is 32.4. The Bertz CT molecular complexity index is 240. The van der Waals surface area contributed by atoms with Crippen LogP contribution in [-0.2, 0) is 0 Å². The molecule has 1 saturated carbocycles. The molecule has 0 spiro atoms. The lowest BCUT2D eigenvalue weighted by Gasteiger charge is -2.43. The van der Waals surface area contributed by atoms with E-state index in [4.69, 9.17) is 5.73 Å². The Morgan fingerprint density at radius 1 is 1.05 bits per heavy atom. The monoisotopic (exact) mass is 267 g/mol. The third kappa shape index (κ3) is 4.17. The molecular formula is C16H33N3. The summed E-state index contributed by atoms with van der Waals surface area (Å²) >= 11 is 0. The van der Waals surface area contributed by atoms with Crippen LogP contribution in [0.25, 0.3) is 0 Å². The molecule has 0 aromatic carbocycles. The van der Waals surface area contributed by atoms with Crippen molar-refractivity contribution < 1.29 is 0 Å². The molecule has 0 radical (unpaired) electrons. The van der Waals surface area contributed by atoms with Crippen molar-refractivity contribution in [3.63, 3.8) is 0 Å². The van der Waals surface area contributed by atoms with E-state index in [2.05, 4.69) is 23.6 Å². The number of nitrogens with two attached hydrogens (primary N) is 1. The fraction of sp³-hybridized carbons (Fsp3) is 1.00. The second-order valence-corrected chi connectivity index (χ2v) is 6.63. The first-order valence-electron chi connectivity index (χ1n) is 8.42. The molecule has 1 saturated heterocycles. The molecule has 1 unspecified atom stereocenters. The molecule has 1 aliphatic heterocycles. The third-order valence-electron chi connectivity index (χ3n) is 5.34. The Morgan fingerprint density at radius 2 is 1.68 bits per heavy atom. The van der Waals surface area contributed by atoms with Gasteiger partial charge in [0.1, 0.15) is 0 Å². The minimum absolute atomic E-state index is 0.721. The molecular weight excluding hydrogens is 234 g/mol. The van der Waals surface area contributed by atoms with Crippen LogP contribution in [0.15, 0.2) is 0 Å². The van der Waals surface area contributed by atoms with E-state index in [1.165, 1.54) is 58.3 Å². The van der Waals surface area contributed by atoms with Crippen LogP contribution in [0.1, 0.15) is 52.4 Å². The number of hydrogen-bond donors (Lipinski definition) is 1. The van der Waals surface area contributed by atoms with Crippen molar-refractivity contribution in [2.45, 2.75) is 64.5 Å². The average molecular weight is 267 g/mol. The highest BCUT2D eigenvalue weighted by Crippen LogP contribution is 2.28. The van der Waals surface area contributed by atoms with E-state index >= 15 is 0 Å². The SMILES string of the molecule is CCC(CCN)N1CCN(C2CCC(C)CC2)CC1. The Labute approximate surface area is 119 Å². The molecule has 2 fully saturated rings. The number of nitrogens with zero attached hydrogens (tertiary/aromatic N) is 2. The van der Waals surface area contributed by atoms with Crippen LogP contribution >= 0.6 is 0 Å². The van der Waals surface area contributed by atoms with E-state index in [1.54, 1.807) is 0 Å². The Hall–Kier alpha value is -0.120. The first-order chi connectivity index (χ1) is 9.24. The van der Waals surface area contributed by atoms with Gasteiger partial charge in [-0.05, 0) is 51.0 Å². The lowest BCUT2D eigenvalue weighted by Crippen LogP contribution is -2.53. The summed E-state index contributed by atoms with van der Waals surface area (Å²) in [5.41, 5.74) is 5.73. The van der Waals surface area contributed by atoms with Crippen molar-refractivity contribution in [1.29, 1.82) is 0 Å². The first-order valence-corrected chi connectivity index (χ1v) is 8.42. The van der Waals surface area contributed by atoms with Crippen molar-refractivity contribution >= 4 is 0 Å². The lowest BCUT2D eigenvalue weighted by atomic mass is 9.86. The standard InChI is InChI=1S/C16H33N3/c1-3-15(8-9-17)18-10-12-19(13-11-18)16-6-4-14(2)5-7-16/h14-16H,3-13,17H2,1-2H3. The third-order valence-corrected chi connectivity index (χ3v) is 5.34. The van der Waals surface area contributed by atoms with Crippen LogP contribution in [-0.4, -0.2) is 54.6 Å². The fourth-order valence-electron chi connectivity index (χ4n) is 3.91. The molecule has 1 atom stereocenters. The molecule has 0 aromatic heterocycles. The molecule has 19 heavy (non-hydrogen) atoms. The second-order valence-electron chi connectivity index (χ2n) is 6.63. The number of rotatable bonds is 5. The van der Waals surface area contributed by atoms with Crippen molar-refractivity contribution in [3.05, 3.63) is 0 Å². The van der Waals surface area contributed by atoms with Gasteiger partial charge < -0.3 is 5.73 Å². The van der Waals surface area contributed by atoms with E-state index < -0.39 is 0 Å². The van der Waals surface area contributed by atoms with Crippen LogP contribution in [0.3, 0.4) is 0 Å². The lowest BCUT2D eigenvalue weighted by molar-refractivity contribution is 0.0489. The Balaban J connectivity index is 1.75. The van der Waals surface area contributed by atoms with Crippen LogP contribution < -0.4 is 5.73 Å². The Morgan fingerprint density at radius 3 is 2.21 bits per heavy atom. The van der Waals surface area contributed by atoms with Crippen LogP contribution in [0.2, 0.25) is 0 Å². The highest BCUT2D eigenvalue weighted by Gasteiger charge is 2.28. The van der Waals surface area contributed by atoms with Gasteiger partial charge in [0.15, 0.2) is 0 Å². The summed E-state index contributed by atoms with van der Waals surface area (Å²) < 4.78 is 0. The average Bonchev–Trinajstić information content (AvgIpc) is 2.46. The van der Waals surface area contributed by atoms with Crippen molar-refractivity contribution in [2.24, 2.45) is 11.7 Å². The van der Waals surface area contributed by atoms with Gasteiger partial charge in [0.05, 0.1) is 0 Å². The molecule has 3 heteroatoms. The van der Waals surface area contributed by atoms with Crippen molar-refractivity contribution in [3.8, 4) is 0 Å². The van der Waals surface area contributed by atoms with Gasteiger partial charge >= 0.3 is 0 Å². The zero-order valence-corrected chi connectivity index (χ0v) is 13.0. The zero-order valence-electron chi connectivity index (χ0n) is 13.0. The van der Waals surface area contributed by atoms with Crippen LogP contribution in [0.4, 0.5) is 0 Å². The molecule has 2 rings (SSSR count). The smallest absolute Gasteiger partial charge is 0.0113 e. The summed E-state index contributed by atoms with van der Waals surface area (Å²) in [7, 11) is 0. The predicted molar refractivity (Wildman–Crippen MR) is 82.3 cm³/mol. The molecule has 0 amide bonds. The maximum Gasteiger partial charge on any atom is 0.0113 e. The largest absolute Gasteiger partial charge is 0.330 e. The molecule has 2 aliphatic rings. The molecule has 1 heterocycles. The van der Waals surface area contributed by atoms with Gasteiger partial charge in [-0.1, -0.05) is 13.8 Å². The molecule has 2 N–H and O–H groups in total. The summed E-state index contributed by atoms with van der Waals surface area (Å²) in [4.78, 5) is 5.44. The van der Waals surface area contributed by atoms with Gasteiger partial charge in [0.25, 0.3) is 0 Å². The van der Waals surface area contributed by atoms with E-state index in [9.17, 15) is 0 Å². The van der Waals surface area contributed by atoms with Crippen molar-refractivity contribution in [2.75, 3.05) is 32.7 Å². The first kappa shape index (κ1) is 15.3. The predicted octanol–water partition coefficient (Wildman–Crippen LogP) is 2.31. The molecule has 1 aliphatic carbocycles. The van der Waals surface area contributed by atoms with E-state index in [1.807, 2.05) is 0 Å². The molecule has 0 bridgehead atoms. The fourth-order valence-corrected chi connectivity index (χ4v) is 3.91.